The predicted molar refractivity (Wildman–Crippen MR) is 218 cm³/mol. The van der Waals surface area contributed by atoms with Gasteiger partial charge >= 0.3 is 0 Å². The highest BCUT2D eigenvalue weighted by molar-refractivity contribution is 6.19. The fourth-order valence-corrected chi connectivity index (χ4v) is 8.88. The molecule has 1 aliphatic carbocycles. The van der Waals surface area contributed by atoms with Crippen LogP contribution in [0.15, 0.2) is 162 Å². The summed E-state index contributed by atoms with van der Waals surface area (Å²) in [6.07, 6.45) is 6.67. The van der Waals surface area contributed by atoms with Crippen LogP contribution < -0.4 is 0 Å². The number of rotatable bonds is 4. The summed E-state index contributed by atoms with van der Waals surface area (Å²) >= 11 is 0. The third-order valence-electron chi connectivity index (χ3n) is 11.1. The number of allylic oxidation sites excluding steroid dienone is 1. The van der Waals surface area contributed by atoms with E-state index in [1.165, 1.54) is 71.8 Å². The van der Waals surface area contributed by atoms with E-state index in [9.17, 15) is 0 Å². The summed E-state index contributed by atoms with van der Waals surface area (Å²) in [5.74, 6) is 0. The number of aryl methyl sites for hydroxylation is 1. The van der Waals surface area contributed by atoms with E-state index in [0.29, 0.717) is 0 Å². The highest BCUT2D eigenvalue weighted by atomic mass is 16.3. The van der Waals surface area contributed by atoms with Crippen molar-refractivity contribution in [3.63, 3.8) is 0 Å². The Bertz CT molecular complexity index is 3080. The van der Waals surface area contributed by atoms with Gasteiger partial charge in [0.15, 0.2) is 0 Å². The summed E-state index contributed by atoms with van der Waals surface area (Å²) in [5, 5.41) is 6.05. The molecule has 7 aromatic carbocycles. The van der Waals surface area contributed by atoms with Crippen LogP contribution in [0, 0.1) is 6.92 Å². The number of fused-ring (bicyclic) bond motifs is 9. The average Bonchev–Trinajstić information content (AvgIpc) is 3.86. The molecule has 3 heteroatoms. The Morgan fingerprint density at radius 1 is 0.500 bits per heavy atom. The van der Waals surface area contributed by atoms with Crippen LogP contribution in [-0.4, -0.2) is 9.13 Å². The molecule has 52 heavy (non-hydrogen) atoms. The average molecular weight is 667 g/mol. The van der Waals surface area contributed by atoms with Crippen LogP contribution in [0.4, 0.5) is 0 Å². The molecule has 0 spiro atoms. The molecule has 0 saturated heterocycles. The topological polar surface area (TPSA) is 23.0 Å². The van der Waals surface area contributed by atoms with E-state index in [0.717, 1.165) is 46.2 Å². The maximum Gasteiger partial charge on any atom is 0.135 e. The summed E-state index contributed by atoms with van der Waals surface area (Å²) in [6, 6.07) is 55.2. The predicted octanol–water partition coefficient (Wildman–Crippen LogP) is 13.2. The number of aromatic nitrogens is 2. The normalized spacial score (nSPS) is 12.9. The number of para-hydroxylation sites is 4. The van der Waals surface area contributed by atoms with E-state index in [2.05, 4.69) is 174 Å². The standard InChI is InChI=1S/C49H34N2O/c1-31-14-5-6-17-34(31)38-27-28-40-36-19-8-10-23-43(36)50(32-15-3-2-4-16-32)49(40)47(38)41-22-13-21-39-35-18-7-11-24-44(35)51(48(39)41)33-26-29-46-42(30-33)37-20-9-12-25-45(37)52-46/h2-10,12-23,25-30H,11,24H2,1H3. The molecule has 0 N–H and O–H groups in total. The molecule has 0 amide bonds. The van der Waals surface area contributed by atoms with Gasteiger partial charge in [-0.1, -0.05) is 121 Å². The lowest BCUT2D eigenvalue weighted by molar-refractivity contribution is 0.669. The van der Waals surface area contributed by atoms with Crippen LogP contribution in [0.3, 0.4) is 0 Å². The molecular formula is C49H34N2O. The van der Waals surface area contributed by atoms with Crippen LogP contribution >= 0.6 is 0 Å². The molecule has 0 aliphatic heterocycles. The summed E-state index contributed by atoms with van der Waals surface area (Å²) in [7, 11) is 0. The van der Waals surface area contributed by atoms with Crippen LogP contribution in [0.1, 0.15) is 23.2 Å². The van der Waals surface area contributed by atoms with E-state index < -0.39 is 0 Å². The molecular weight excluding hydrogens is 633 g/mol. The third-order valence-corrected chi connectivity index (χ3v) is 11.1. The van der Waals surface area contributed by atoms with Crippen LogP contribution in [-0.2, 0) is 6.42 Å². The summed E-state index contributed by atoms with van der Waals surface area (Å²) < 4.78 is 11.3. The molecule has 3 heterocycles. The second-order valence-electron chi connectivity index (χ2n) is 14.0. The molecule has 0 atom stereocenters. The summed E-state index contributed by atoms with van der Waals surface area (Å²) in [6.45, 7) is 2.23. The molecule has 0 saturated carbocycles. The maximum absolute atomic E-state index is 6.30. The number of furan rings is 1. The molecule has 0 radical (unpaired) electrons. The molecule has 0 fully saturated rings. The molecule has 1 aliphatic rings. The van der Waals surface area contributed by atoms with Crippen molar-refractivity contribution >= 4 is 60.7 Å². The molecule has 11 rings (SSSR count). The zero-order valence-electron chi connectivity index (χ0n) is 28.8. The first-order valence-electron chi connectivity index (χ1n) is 18.2. The Balaban J connectivity index is 1.33. The Morgan fingerprint density at radius 2 is 1.25 bits per heavy atom. The maximum atomic E-state index is 6.30. The van der Waals surface area contributed by atoms with Gasteiger partial charge in [-0.05, 0) is 78.9 Å². The Labute approximate surface area is 301 Å². The van der Waals surface area contributed by atoms with Crippen molar-refractivity contribution in [1.82, 2.24) is 9.13 Å². The van der Waals surface area contributed by atoms with E-state index >= 15 is 0 Å². The first-order valence-corrected chi connectivity index (χ1v) is 18.2. The van der Waals surface area contributed by atoms with E-state index in [1.54, 1.807) is 0 Å². The van der Waals surface area contributed by atoms with Gasteiger partial charge in [0.2, 0.25) is 0 Å². The smallest absolute Gasteiger partial charge is 0.135 e. The van der Waals surface area contributed by atoms with Crippen LogP contribution in [0.5, 0.6) is 0 Å². The van der Waals surface area contributed by atoms with Gasteiger partial charge in [-0.3, -0.25) is 0 Å². The minimum Gasteiger partial charge on any atom is -0.456 e. The van der Waals surface area contributed by atoms with Gasteiger partial charge in [-0.2, -0.15) is 0 Å². The zero-order valence-corrected chi connectivity index (χ0v) is 28.8. The monoisotopic (exact) mass is 666 g/mol. The van der Waals surface area contributed by atoms with E-state index in [1.807, 2.05) is 6.07 Å². The van der Waals surface area contributed by atoms with Crippen molar-refractivity contribution < 1.29 is 4.42 Å². The quantitative estimate of drug-likeness (QED) is 0.183. The molecule has 0 bridgehead atoms. The van der Waals surface area contributed by atoms with Gasteiger partial charge in [0.05, 0.1) is 16.6 Å². The Morgan fingerprint density at radius 3 is 2.15 bits per heavy atom. The van der Waals surface area contributed by atoms with Gasteiger partial charge in [0, 0.05) is 60.7 Å². The minimum absolute atomic E-state index is 0.911. The van der Waals surface area contributed by atoms with Crippen molar-refractivity contribution in [1.29, 1.82) is 0 Å². The molecule has 3 nitrogen and oxygen atoms in total. The molecule has 10 aromatic rings. The lowest BCUT2D eigenvalue weighted by atomic mass is 9.89. The van der Waals surface area contributed by atoms with Gasteiger partial charge in [-0.15, -0.1) is 0 Å². The third kappa shape index (κ3) is 4.14. The zero-order chi connectivity index (χ0) is 34.3. The van der Waals surface area contributed by atoms with Gasteiger partial charge in [0.1, 0.15) is 11.2 Å². The van der Waals surface area contributed by atoms with Crippen molar-refractivity contribution in [2.24, 2.45) is 0 Å². The lowest BCUT2D eigenvalue weighted by Crippen LogP contribution is -2.04. The summed E-state index contributed by atoms with van der Waals surface area (Å²) in [5.41, 5.74) is 16.7. The fraction of sp³-hybridized carbons (Fsp3) is 0.0612. The number of nitrogens with zero attached hydrogens (tertiary/aromatic N) is 2. The second-order valence-corrected chi connectivity index (χ2v) is 14.0. The van der Waals surface area contributed by atoms with Gasteiger partial charge in [0.25, 0.3) is 0 Å². The van der Waals surface area contributed by atoms with Crippen molar-refractivity contribution in [2.45, 2.75) is 19.8 Å². The number of hydrogen-bond acceptors (Lipinski definition) is 1. The Kier molecular flexibility index (Phi) is 6.29. The first-order chi connectivity index (χ1) is 25.7. The SMILES string of the molecule is Cc1ccccc1-c1ccc2c3ccccc3n(-c3ccccc3)c2c1-c1cccc2c3c(n(-c4ccc5oc6ccccc6c5c4)c12)CCC=C3. The van der Waals surface area contributed by atoms with Crippen molar-refractivity contribution in [3.05, 3.63) is 175 Å². The first kappa shape index (κ1) is 29.2. The van der Waals surface area contributed by atoms with Crippen molar-refractivity contribution in [3.8, 4) is 33.6 Å². The van der Waals surface area contributed by atoms with Gasteiger partial charge < -0.3 is 13.6 Å². The van der Waals surface area contributed by atoms with Gasteiger partial charge in [-0.25, -0.2) is 0 Å². The molecule has 246 valence electrons. The van der Waals surface area contributed by atoms with Crippen LogP contribution in [0.2, 0.25) is 0 Å². The highest BCUT2D eigenvalue weighted by Gasteiger charge is 2.26. The minimum atomic E-state index is 0.911. The van der Waals surface area contributed by atoms with Crippen LogP contribution in [0.25, 0.3) is 94.4 Å². The largest absolute Gasteiger partial charge is 0.456 e. The lowest BCUT2D eigenvalue weighted by Gasteiger charge is -2.20. The number of hydrogen-bond donors (Lipinski definition) is 0. The molecule has 3 aromatic heterocycles. The fourth-order valence-electron chi connectivity index (χ4n) is 8.88. The van der Waals surface area contributed by atoms with E-state index in [-0.39, 0.29) is 0 Å². The Hall–Kier alpha value is -6.58. The second kappa shape index (κ2) is 11.2. The van der Waals surface area contributed by atoms with Crippen molar-refractivity contribution in [2.75, 3.05) is 0 Å². The number of benzene rings is 7. The van der Waals surface area contributed by atoms with E-state index in [4.69, 9.17) is 4.42 Å². The molecule has 0 unspecified atom stereocenters. The highest BCUT2D eigenvalue weighted by Crippen LogP contribution is 2.48. The summed E-state index contributed by atoms with van der Waals surface area (Å²) in [4.78, 5) is 0.